The summed E-state index contributed by atoms with van der Waals surface area (Å²) in [5, 5.41) is 9.34. The zero-order valence-electron chi connectivity index (χ0n) is 13.7. The molecule has 1 aromatic heterocycles. The second-order valence-corrected chi connectivity index (χ2v) is 5.86. The van der Waals surface area contributed by atoms with Crippen LogP contribution in [-0.2, 0) is 6.42 Å². The summed E-state index contributed by atoms with van der Waals surface area (Å²) in [6.07, 6.45) is 3.74. The molecule has 2 heterocycles. The number of hydrogen-bond donors (Lipinski definition) is 1. The topological polar surface area (TPSA) is 82.0 Å². The van der Waals surface area contributed by atoms with Gasteiger partial charge in [0.05, 0.1) is 7.11 Å². The molecule has 1 saturated heterocycles. The van der Waals surface area contributed by atoms with Gasteiger partial charge in [0, 0.05) is 25.1 Å². The average Bonchev–Trinajstić information content (AvgIpc) is 2.62. The molecule has 1 N–H and O–H groups in total. The Hall–Kier alpha value is -2.81. The molecule has 0 bridgehead atoms. The summed E-state index contributed by atoms with van der Waals surface area (Å²) in [6, 6.07) is 9.64. The summed E-state index contributed by atoms with van der Waals surface area (Å²) < 4.78 is 5.36. The summed E-state index contributed by atoms with van der Waals surface area (Å²) >= 11 is 0. The Kier molecular flexibility index (Phi) is 4.80. The van der Waals surface area contributed by atoms with Crippen molar-refractivity contribution in [2.45, 2.75) is 25.7 Å². The quantitative estimate of drug-likeness (QED) is 0.932. The summed E-state index contributed by atoms with van der Waals surface area (Å²) in [5.41, 5.74) is 0.663. The minimum atomic E-state index is -0.377. The zero-order chi connectivity index (χ0) is 16.9. The van der Waals surface area contributed by atoms with Gasteiger partial charge in [-0.25, -0.2) is 4.98 Å². The molecule has 24 heavy (non-hydrogen) atoms. The van der Waals surface area contributed by atoms with Gasteiger partial charge >= 0.3 is 0 Å². The fourth-order valence-corrected chi connectivity index (χ4v) is 3.06. The molecule has 0 atom stereocenters. The first-order valence-corrected chi connectivity index (χ1v) is 8.13. The maximum absolute atomic E-state index is 12.3. The fraction of sp³-hybridized carbons (Fsp3) is 0.389. The minimum Gasteiger partial charge on any atom is -0.496 e. The minimum absolute atomic E-state index is 0.0978. The number of H-pyrrole nitrogens is 1. The van der Waals surface area contributed by atoms with Crippen molar-refractivity contribution in [2.75, 3.05) is 25.1 Å². The number of rotatable bonds is 4. The second kappa shape index (κ2) is 7.18. The molecule has 0 aliphatic carbocycles. The number of ether oxygens (including phenoxy) is 1. The van der Waals surface area contributed by atoms with Crippen LogP contribution in [0.5, 0.6) is 5.75 Å². The van der Waals surface area contributed by atoms with Crippen LogP contribution in [0.25, 0.3) is 0 Å². The molecule has 124 valence electrons. The van der Waals surface area contributed by atoms with E-state index in [1.165, 1.54) is 6.42 Å². The number of aromatic amines is 1. The van der Waals surface area contributed by atoms with Gasteiger partial charge in [0.1, 0.15) is 17.6 Å². The zero-order valence-corrected chi connectivity index (χ0v) is 13.7. The summed E-state index contributed by atoms with van der Waals surface area (Å²) in [5.74, 6) is 1.80. The van der Waals surface area contributed by atoms with E-state index in [0.717, 1.165) is 37.2 Å². The maximum atomic E-state index is 12.3. The van der Waals surface area contributed by atoms with Crippen LogP contribution >= 0.6 is 0 Å². The Morgan fingerprint density at radius 1 is 1.29 bits per heavy atom. The highest BCUT2D eigenvalue weighted by molar-refractivity contribution is 5.53. The van der Waals surface area contributed by atoms with Gasteiger partial charge in [-0.2, -0.15) is 5.26 Å². The molecule has 0 amide bonds. The van der Waals surface area contributed by atoms with E-state index in [1.54, 1.807) is 7.11 Å². The Bertz CT molecular complexity index is 816. The highest BCUT2D eigenvalue weighted by Crippen LogP contribution is 2.22. The Labute approximate surface area is 140 Å². The molecule has 0 unspecified atom stereocenters. The number of nitrogens with one attached hydrogen (secondary N) is 1. The Morgan fingerprint density at radius 3 is 2.75 bits per heavy atom. The van der Waals surface area contributed by atoms with E-state index in [9.17, 15) is 10.1 Å². The first-order valence-electron chi connectivity index (χ1n) is 8.13. The lowest BCUT2D eigenvalue weighted by Gasteiger charge is -2.28. The molecule has 2 aromatic rings. The van der Waals surface area contributed by atoms with Crippen molar-refractivity contribution in [3.05, 3.63) is 51.6 Å². The van der Waals surface area contributed by atoms with Gasteiger partial charge in [-0.3, -0.25) is 4.79 Å². The van der Waals surface area contributed by atoms with Gasteiger partial charge in [0.15, 0.2) is 11.4 Å². The van der Waals surface area contributed by atoms with E-state index >= 15 is 0 Å². The van der Waals surface area contributed by atoms with Crippen LogP contribution < -0.4 is 15.2 Å². The van der Waals surface area contributed by atoms with Gasteiger partial charge in [-0.05, 0) is 25.3 Å². The lowest BCUT2D eigenvalue weighted by Crippen LogP contribution is -2.33. The van der Waals surface area contributed by atoms with Gasteiger partial charge in [0.25, 0.3) is 5.56 Å². The largest absolute Gasteiger partial charge is 0.496 e. The van der Waals surface area contributed by atoms with Crippen molar-refractivity contribution in [3.8, 4) is 11.8 Å². The maximum Gasteiger partial charge on any atom is 0.271 e. The number of nitriles is 1. The third-order valence-corrected chi connectivity index (χ3v) is 4.27. The van der Waals surface area contributed by atoms with Crippen LogP contribution in [0.1, 0.15) is 36.2 Å². The molecule has 0 radical (unpaired) electrons. The van der Waals surface area contributed by atoms with Crippen LogP contribution in [0.2, 0.25) is 0 Å². The molecule has 1 aromatic carbocycles. The first-order chi connectivity index (χ1) is 11.7. The number of piperidine rings is 1. The van der Waals surface area contributed by atoms with E-state index in [-0.39, 0.29) is 11.1 Å². The van der Waals surface area contributed by atoms with Crippen molar-refractivity contribution >= 4 is 5.82 Å². The number of benzene rings is 1. The van der Waals surface area contributed by atoms with Gasteiger partial charge < -0.3 is 14.6 Å². The van der Waals surface area contributed by atoms with Crippen molar-refractivity contribution in [2.24, 2.45) is 0 Å². The smallest absolute Gasteiger partial charge is 0.271 e. The summed E-state index contributed by atoms with van der Waals surface area (Å²) in [7, 11) is 1.62. The second-order valence-electron chi connectivity index (χ2n) is 5.86. The molecular formula is C18H20N4O2. The van der Waals surface area contributed by atoms with E-state index in [4.69, 9.17) is 4.74 Å². The van der Waals surface area contributed by atoms with E-state index in [2.05, 4.69) is 9.97 Å². The molecule has 1 aliphatic rings. The molecule has 6 heteroatoms. The molecule has 3 rings (SSSR count). The van der Waals surface area contributed by atoms with Crippen LogP contribution in [0.4, 0.5) is 5.82 Å². The predicted molar refractivity (Wildman–Crippen MR) is 91.4 cm³/mol. The van der Waals surface area contributed by atoms with Crippen molar-refractivity contribution in [1.82, 2.24) is 9.97 Å². The predicted octanol–water partition coefficient (Wildman–Crippen LogP) is 2.23. The van der Waals surface area contributed by atoms with E-state index in [1.807, 2.05) is 35.2 Å². The SMILES string of the molecule is COc1ccccc1Cc1nc(N2CCCCC2)c(C#N)c(=O)[nH]1. The highest BCUT2D eigenvalue weighted by atomic mass is 16.5. The van der Waals surface area contributed by atoms with Crippen LogP contribution in [0.15, 0.2) is 29.1 Å². The van der Waals surface area contributed by atoms with Gasteiger partial charge in [-0.15, -0.1) is 0 Å². The van der Waals surface area contributed by atoms with E-state index < -0.39 is 0 Å². The standard InChI is InChI=1S/C18H20N4O2/c1-24-15-8-4-3-7-13(15)11-16-20-17(14(12-19)18(23)21-16)22-9-5-2-6-10-22/h3-4,7-8H,2,5-6,9-11H2,1H3,(H,20,21,23). The van der Waals surface area contributed by atoms with Crippen LogP contribution in [-0.4, -0.2) is 30.2 Å². The Morgan fingerprint density at radius 2 is 2.04 bits per heavy atom. The number of para-hydroxylation sites is 1. The Balaban J connectivity index is 1.99. The van der Waals surface area contributed by atoms with Crippen molar-refractivity contribution in [3.63, 3.8) is 0 Å². The molecule has 6 nitrogen and oxygen atoms in total. The third kappa shape index (κ3) is 3.25. The van der Waals surface area contributed by atoms with Crippen LogP contribution in [0, 0.1) is 11.3 Å². The molecule has 0 saturated carbocycles. The normalized spacial score (nSPS) is 14.2. The lowest BCUT2D eigenvalue weighted by atomic mass is 10.1. The number of aromatic nitrogens is 2. The third-order valence-electron chi connectivity index (χ3n) is 4.27. The number of methoxy groups -OCH3 is 1. The van der Waals surface area contributed by atoms with E-state index in [0.29, 0.717) is 18.1 Å². The summed E-state index contributed by atoms with van der Waals surface area (Å²) in [4.78, 5) is 21.7. The number of nitrogens with zero attached hydrogens (tertiary/aromatic N) is 3. The van der Waals surface area contributed by atoms with Gasteiger partial charge in [-0.1, -0.05) is 18.2 Å². The monoisotopic (exact) mass is 324 g/mol. The van der Waals surface area contributed by atoms with Gasteiger partial charge in [0.2, 0.25) is 0 Å². The fourth-order valence-electron chi connectivity index (χ4n) is 3.06. The van der Waals surface area contributed by atoms with Crippen molar-refractivity contribution in [1.29, 1.82) is 5.26 Å². The molecule has 1 fully saturated rings. The first kappa shape index (κ1) is 16.1. The summed E-state index contributed by atoms with van der Waals surface area (Å²) in [6.45, 7) is 1.67. The number of hydrogen-bond acceptors (Lipinski definition) is 5. The molecule has 1 aliphatic heterocycles. The van der Waals surface area contributed by atoms with Crippen LogP contribution in [0.3, 0.4) is 0 Å². The average molecular weight is 324 g/mol. The lowest BCUT2D eigenvalue weighted by molar-refractivity contribution is 0.410. The molecule has 0 spiro atoms. The highest BCUT2D eigenvalue weighted by Gasteiger charge is 2.20. The van der Waals surface area contributed by atoms with Crippen molar-refractivity contribution < 1.29 is 4.74 Å². The number of anilines is 1. The molecular weight excluding hydrogens is 304 g/mol.